The highest BCUT2D eigenvalue weighted by molar-refractivity contribution is 5.75. The Labute approximate surface area is 94.1 Å². The average molecular weight is 223 g/mol. The number of imidazole rings is 1. The molecule has 5 nitrogen and oxygen atoms in total. The molecule has 1 N–H and O–H groups in total. The van der Waals surface area contributed by atoms with Crippen molar-refractivity contribution in [2.45, 2.75) is 38.3 Å². The van der Waals surface area contributed by atoms with Crippen LogP contribution in [0, 0.1) is 0 Å². The first-order chi connectivity index (χ1) is 7.72. The zero-order valence-electron chi connectivity index (χ0n) is 9.48. The van der Waals surface area contributed by atoms with Gasteiger partial charge in [0.2, 0.25) is 5.91 Å². The Morgan fingerprint density at radius 2 is 2.25 bits per heavy atom. The number of aryl methyl sites for hydroxylation is 1. The van der Waals surface area contributed by atoms with Gasteiger partial charge in [-0.2, -0.15) is 0 Å². The minimum Gasteiger partial charge on any atom is -0.359 e. The summed E-state index contributed by atoms with van der Waals surface area (Å²) < 4.78 is 3.47. The van der Waals surface area contributed by atoms with E-state index in [1.54, 1.807) is 16.2 Å². The molecular formula is C11H17N3O2. The van der Waals surface area contributed by atoms with Gasteiger partial charge in [-0.05, 0) is 19.3 Å². The number of aromatic nitrogens is 2. The van der Waals surface area contributed by atoms with E-state index < -0.39 is 0 Å². The van der Waals surface area contributed by atoms with Gasteiger partial charge in [0.1, 0.15) is 0 Å². The molecule has 88 valence electrons. The smallest absolute Gasteiger partial charge is 0.328 e. The van der Waals surface area contributed by atoms with Gasteiger partial charge in [0.25, 0.3) is 0 Å². The summed E-state index contributed by atoms with van der Waals surface area (Å²) in [6.07, 6.45) is 7.06. The van der Waals surface area contributed by atoms with E-state index >= 15 is 0 Å². The van der Waals surface area contributed by atoms with E-state index in [2.05, 4.69) is 5.32 Å². The standard InChI is InChI=1S/C11H17N3O2/c1-12-10(15)3-2-6-13-7-8-14(11(13)16)9-4-5-9/h7-9H,2-6H2,1H3,(H,12,15). The summed E-state index contributed by atoms with van der Waals surface area (Å²) in [5.74, 6) is 0.0228. The van der Waals surface area contributed by atoms with E-state index in [1.807, 2.05) is 12.4 Å². The minimum absolute atomic E-state index is 0.0228. The predicted molar refractivity (Wildman–Crippen MR) is 60.3 cm³/mol. The quantitative estimate of drug-likeness (QED) is 0.790. The topological polar surface area (TPSA) is 56.0 Å². The van der Waals surface area contributed by atoms with Gasteiger partial charge >= 0.3 is 5.69 Å². The second kappa shape index (κ2) is 4.55. The average Bonchev–Trinajstić information content (AvgIpc) is 3.05. The molecule has 0 atom stereocenters. The Morgan fingerprint density at radius 3 is 2.88 bits per heavy atom. The van der Waals surface area contributed by atoms with E-state index in [9.17, 15) is 9.59 Å². The third-order valence-electron chi connectivity index (χ3n) is 2.90. The van der Waals surface area contributed by atoms with Crippen molar-refractivity contribution in [1.82, 2.24) is 14.5 Å². The molecule has 0 unspecified atom stereocenters. The van der Waals surface area contributed by atoms with Gasteiger partial charge in [0.15, 0.2) is 0 Å². The maximum absolute atomic E-state index is 11.8. The number of hydrogen-bond acceptors (Lipinski definition) is 2. The summed E-state index contributed by atoms with van der Waals surface area (Å²) in [5, 5.41) is 2.57. The van der Waals surface area contributed by atoms with Crippen molar-refractivity contribution in [3.05, 3.63) is 22.9 Å². The Hall–Kier alpha value is -1.52. The van der Waals surface area contributed by atoms with Crippen molar-refractivity contribution in [1.29, 1.82) is 0 Å². The van der Waals surface area contributed by atoms with Crippen molar-refractivity contribution in [3.8, 4) is 0 Å². The summed E-state index contributed by atoms with van der Waals surface area (Å²) in [5.41, 5.74) is 0.0550. The lowest BCUT2D eigenvalue weighted by atomic mass is 10.3. The van der Waals surface area contributed by atoms with E-state index in [0.717, 1.165) is 12.8 Å². The van der Waals surface area contributed by atoms with Crippen LogP contribution in [0.3, 0.4) is 0 Å². The molecule has 1 fully saturated rings. The molecule has 0 bridgehead atoms. The van der Waals surface area contributed by atoms with Crippen LogP contribution in [0.15, 0.2) is 17.2 Å². The molecule has 1 heterocycles. The van der Waals surface area contributed by atoms with Crippen LogP contribution in [-0.4, -0.2) is 22.1 Å². The first kappa shape index (κ1) is 11.0. The first-order valence-corrected chi connectivity index (χ1v) is 5.70. The highest BCUT2D eigenvalue weighted by Crippen LogP contribution is 2.33. The zero-order chi connectivity index (χ0) is 11.5. The lowest BCUT2D eigenvalue weighted by Gasteiger charge is -2.01. The molecule has 1 aromatic rings. The Morgan fingerprint density at radius 1 is 1.50 bits per heavy atom. The molecular weight excluding hydrogens is 206 g/mol. The fourth-order valence-electron chi connectivity index (χ4n) is 1.76. The van der Waals surface area contributed by atoms with Crippen LogP contribution in [0.4, 0.5) is 0 Å². The normalized spacial score (nSPS) is 15.1. The largest absolute Gasteiger partial charge is 0.359 e. The van der Waals surface area contributed by atoms with Crippen LogP contribution in [0.2, 0.25) is 0 Å². The Balaban J connectivity index is 1.89. The number of rotatable bonds is 5. The van der Waals surface area contributed by atoms with Crippen LogP contribution >= 0.6 is 0 Å². The SMILES string of the molecule is CNC(=O)CCCn1ccn(C2CC2)c1=O. The van der Waals surface area contributed by atoms with E-state index in [1.165, 1.54) is 0 Å². The third-order valence-corrected chi connectivity index (χ3v) is 2.90. The van der Waals surface area contributed by atoms with Crippen molar-refractivity contribution in [3.63, 3.8) is 0 Å². The summed E-state index contributed by atoms with van der Waals surface area (Å²) in [6, 6.07) is 0.424. The van der Waals surface area contributed by atoms with Crippen LogP contribution < -0.4 is 11.0 Å². The molecule has 1 amide bonds. The van der Waals surface area contributed by atoms with Gasteiger partial charge in [-0.25, -0.2) is 4.79 Å². The van der Waals surface area contributed by atoms with Crippen molar-refractivity contribution in [2.75, 3.05) is 7.05 Å². The fourth-order valence-corrected chi connectivity index (χ4v) is 1.76. The molecule has 0 saturated heterocycles. The fraction of sp³-hybridized carbons (Fsp3) is 0.636. The van der Waals surface area contributed by atoms with Crippen LogP contribution in [0.5, 0.6) is 0 Å². The minimum atomic E-state index is 0.0228. The van der Waals surface area contributed by atoms with Crippen LogP contribution in [0.1, 0.15) is 31.7 Å². The van der Waals surface area contributed by atoms with Crippen molar-refractivity contribution >= 4 is 5.91 Å². The van der Waals surface area contributed by atoms with Gasteiger partial charge < -0.3 is 5.32 Å². The van der Waals surface area contributed by atoms with Gasteiger partial charge in [0, 0.05) is 38.4 Å². The Bertz CT molecular complexity index is 429. The lowest BCUT2D eigenvalue weighted by Crippen LogP contribution is -2.24. The van der Waals surface area contributed by atoms with E-state index in [-0.39, 0.29) is 11.6 Å². The molecule has 16 heavy (non-hydrogen) atoms. The zero-order valence-corrected chi connectivity index (χ0v) is 9.48. The molecule has 5 heteroatoms. The maximum Gasteiger partial charge on any atom is 0.328 e. The molecule has 1 aromatic heterocycles. The Kier molecular flexibility index (Phi) is 3.12. The highest BCUT2D eigenvalue weighted by atomic mass is 16.2. The number of nitrogens with zero attached hydrogens (tertiary/aromatic N) is 2. The summed E-state index contributed by atoms with van der Waals surface area (Å²) in [6.45, 7) is 0.617. The molecule has 1 saturated carbocycles. The molecule has 1 aliphatic carbocycles. The summed E-state index contributed by atoms with van der Waals surface area (Å²) >= 11 is 0. The van der Waals surface area contributed by atoms with Crippen molar-refractivity contribution in [2.24, 2.45) is 0 Å². The van der Waals surface area contributed by atoms with Gasteiger partial charge in [0.05, 0.1) is 0 Å². The lowest BCUT2D eigenvalue weighted by molar-refractivity contribution is -0.120. The van der Waals surface area contributed by atoms with Crippen LogP contribution in [0.25, 0.3) is 0 Å². The molecule has 0 aliphatic heterocycles. The van der Waals surface area contributed by atoms with E-state index in [0.29, 0.717) is 25.4 Å². The second-order valence-corrected chi connectivity index (χ2v) is 4.19. The third kappa shape index (κ3) is 2.35. The van der Waals surface area contributed by atoms with Gasteiger partial charge in [-0.3, -0.25) is 13.9 Å². The van der Waals surface area contributed by atoms with E-state index in [4.69, 9.17) is 0 Å². The number of carbonyl (C=O) groups excluding carboxylic acids is 1. The summed E-state index contributed by atoms with van der Waals surface area (Å²) in [7, 11) is 1.62. The maximum atomic E-state index is 11.8. The molecule has 0 radical (unpaired) electrons. The molecule has 0 aromatic carbocycles. The predicted octanol–water partition coefficient (Wildman–Crippen LogP) is 0.511. The number of carbonyl (C=O) groups is 1. The number of hydrogen-bond donors (Lipinski definition) is 1. The van der Waals surface area contributed by atoms with Crippen molar-refractivity contribution < 1.29 is 4.79 Å². The summed E-state index contributed by atoms with van der Waals surface area (Å²) in [4.78, 5) is 22.8. The van der Waals surface area contributed by atoms with Gasteiger partial charge in [-0.1, -0.05) is 0 Å². The second-order valence-electron chi connectivity index (χ2n) is 4.19. The number of amides is 1. The highest BCUT2D eigenvalue weighted by Gasteiger charge is 2.25. The molecule has 0 spiro atoms. The van der Waals surface area contributed by atoms with Gasteiger partial charge in [-0.15, -0.1) is 0 Å². The number of nitrogens with one attached hydrogen (secondary N) is 1. The van der Waals surface area contributed by atoms with Crippen LogP contribution in [-0.2, 0) is 11.3 Å². The first-order valence-electron chi connectivity index (χ1n) is 5.70. The monoisotopic (exact) mass is 223 g/mol. The molecule has 2 rings (SSSR count). The molecule has 1 aliphatic rings.